The Labute approximate surface area is 92.7 Å². The zero-order valence-electron chi connectivity index (χ0n) is 8.28. The third kappa shape index (κ3) is 2.23. The summed E-state index contributed by atoms with van der Waals surface area (Å²) in [7, 11) is 0. The fourth-order valence-corrected chi connectivity index (χ4v) is 2.05. The summed E-state index contributed by atoms with van der Waals surface area (Å²) in [6.45, 7) is 4.11. The van der Waals surface area contributed by atoms with Gasteiger partial charge in [0, 0.05) is 17.9 Å². The molecule has 14 heavy (non-hydrogen) atoms. The molecule has 2 rings (SSSR count). The van der Waals surface area contributed by atoms with Gasteiger partial charge in [-0.3, -0.25) is 0 Å². The van der Waals surface area contributed by atoms with E-state index in [1.54, 1.807) is 0 Å². The summed E-state index contributed by atoms with van der Waals surface area (Å²) < 4.78 is 0. The molecule has 0 atom stereocenters. The number of hydrogen-bond acceptors (Lipinski definition) is 3. The van der Waals surface area contributed by atoms with E-state index in [2.05, 4.69) is 37.1 Å². The Hall–Kier alpha value is -0.640. The van der Waals surface area contributed by atoms with E-state index in [1.807, 2.05) is 13.0 Å². The predicted octanol–water partition coefficient (Wildman–Crippen LogP) is 2.15. The molecule has 3 nitrogen and oxygen atoms in total. The second-order valence-electron chi connectivity index (χ2n) is 3.69. The molecular weight excluding hydrogens is 242 g/mol. The van der Waals surface area contributed by atoms with Crippen molar-refractivity contribution in [1.82, 2.24) is 10.2 Å². The summed E-state index contributed by atoms with van der Waals surface area (Å²) >= 11 is 3.64. The standard InChI is InChI=1S/C10H14BrN3/c1-8-2-3-10(13-12-8)14-6-4-9(11)5-7-14/h2-3,9H,4-7H2,1H3. The molecule has 0 amide bonds. The maximum atomic E-state index is 4.19. The number of alkyl halides is 1. The number of piperidine rings is 1. The molecule has 4 heteroatoms. The van der Waals surface area contributed by atoms with Gasteiger partial charge in [0.25, 0.3) is 0 Å². The summed E-state index contributed by atoms with van der Waals surface area (Å²) in [5.74, 6) is 1.01. The van der Waals surface area contributed by atoms with E-state index in [4.69, 9.17) is 0 Å². The summed E-state index contributed by atoms with van der Waals surface area (Å²) in [5.41, 5.74) is 0.976. The molecule has 1 saturated heterocycles. The summed E-state index contributed by atoms with van der Waals surface area (Å²) in [5, 5.41) is 8.26. The van der Waals surface area contributed by atoms with Crippen LogP contribution in [0.5, 0.6) is 0 Å². The van der Waals surface area contributed by atoms with Crippen molar-refractivity contribution in [2.24, 2.45) is 0 Å². The number of anilines is 1. The number of nitrogens with zero attached hydrogens (tertiary/aromatic N) is 3. The van der Waals surface area contributed by atoms with Crippen LogP contribution < -0.4 is 4.90 Å². The Morgan fingerprint density at radius 3 is 2.57 bits per heavy atom. The minimum absolute atomic E-state index is 0.678. The normalized spacial score (nSPS) is 18.6. The maximum absolute atomic E-state index is 4.19. The number of halogens is 1. The zero-order valence-corrected chi connectivity index (χ0v) is 9.87. The Balaban J connectivity index is 2.05. The molecule has 1 aliphatic heterocycles. The van der Waals surface area contributed by atoms with Gasteiger partial charge in [-0.15, -0.1) is 5.10 Å². The lowest BCUT2D eigenvalue weighted by atomic mass is 10.1. The number of aryl methyl sites for hydroxylation is 1. The second-order valence-corrected chi connectivity index (χ2v) is 4.99. The summed E-state index contributed by atoms with van der Waals surface area (Å²) in [4.78, 5) is 2.97. The maximum Gasteiger partial charge on any atom is 0.151 e. The fraction of sp³-hybridized carbons (Fsp3) is 0.600. The van der Waals surface area contributed by atoms with Gasteiger partial charge in [0.05, 0.1) is 5.69 Å². The molecule has 0 aliphatic carbocycles. The van der Waals surface area contributed by atoms with Crippen LogP contribution in [0.4, 0.5) is 5.82 Å². The van der Waals surface area contributed by atoms with Crippen LogP contribution in [-0.4, -0.2) is 28.1 Å². The van der Waals surface area contributed by atoms with Crippen LogP contribution in [0.15, 0.2) is 12.1 Å². The van der Waals surface area contributed by atoms with E-state index in [-0.39, 0.29) is 0 Å². The molecule has 0 aromatic carbocycles. The van der Waals surface area contributed by atoms with Crippen molar-refractivity contribution in [1.29, 1.82) is 0 Å². The first-order valence-corrected chi connectivity index (χ1v) is 5.86. The quantitative estimate of drug-likeness (QED) is 0.721. The van der Waals surface area contributed by atoms with Crippen molar-refractivity contribution in [3.8, 4) is 0 Å². The lowest BCUT2D eigenvalue weighted by molar-refractivity contribution is 0.589. The van der Waals surface area contributed by atoms with Crippen molar-refractivity contribution in [3.63, 3.8) is 0 Å². The second kappa shape index (κ2) is 4.26. The van der Waals surface area contributed by atoms with Crippen molar-refractivity contribution < 1.29 is 0 Å². The molecule has 1 aromatic heterocycles. The Kier molecular flexibility index (Phi) is 3.01. The molecule has 1 fully saturated rings. The van der Waals surface area contributed by atoms with Gasteiger partial charge in [-0.05, 0) is 31.9 Å². The van der Waals surface area contributed by atoms with Gasteiger partial charge in [-0.25, -0.2) is 0 Å². The van der Waals surface area contributed by atoms with Crippen molar-refractivity contribution in [3.05, 3.63) is 17.8 Å². The third-order valence-electron chi connectivity index (χ3n) is 2.53. The van der Waals surface area contributed by atoms with Crippen LogP contribution in [0.25, 0.3) is 0 Å². The summed E-state index contributed by atoms with van der Waals surface area (Å²) in [6, 6.07) is 4.07. The smallest absolute Gasteiger partial charge is 0.151 e. The van der Waals surface area contributed by atoms with E-state index in [0.717, 1.165) is 24.6 Å². The molecule has 0 N–H and O–H groups in total. The monoisotopic (exact) mass is 255 g/mol. The predicted molar refractivity (Wildman–Crippen MR) is 60.9 cm³/mol. The van der Waals surface area contributed by atoms with E-state index in [0.29, 0.717) is 4.83 Å². The Bertz CT molecular complexity index is 291. The molecule has 0 radical (unpaired) electrons. The van der Waals surface area contributed by atoms with E-state index < -0.39 is 0 Å². The first kappa shape index (κ1) is 9.90. The lowest BCUT2D eigenvalue weighted by Gasteiger charge is -2.29. The number of aromatic nitrogens is 2. The molecule has 1 aliphatic rings. The molecule has 0 unspecified atom stereocenters. The molecule has 0 spiro atoms. The van der Waals surface area contributed by atoms with Gasteiger partial charge < -0.3 is 4.90 Å². The molecule has 76 valence electrons. The van der Waals surface area contributed by atoms with Crippen molar-refractivity contribution in [2.45, 2.75) is 24.6 Å². The van der Waals surface area contributed by atoms with Gasteiger partial charge in [0.15, 0.2) is 5.82 Å². The van der Waals surface area contributed by atoms with E-state index in [9.17, 15) is 0 Å². The van der Waals surface area contributed by atoms with Crippen LogP contribution >= 0.6 is 15.9 Å². The molecule has 2 heterocycles. The Morgan fingerprint density at radius 2 is 2.00 bits per heavy atom. The van der Waals surface area contributed by atoms with Crippen LogP contribution in [-0.2, 0) is 0 Å². The van der Waals surface area contributed by atoms with E-state index in [1.165, 1.54) is 12.8 Å². The van der Waals surface area contributed by atoms with Crippen LogP contribution in [0.3, 0.4) is 0 Å². The molecule has 1 aromatic rings. The first-order valence-electron chi connectivity index (χ1n) is 4.95. The zero-order chi connectivity index (χ0) is 9.97. The fourth-order valence-electron chi connectivity index (χ4n) is 1.64. The van der Waals surface area contributed by atoms with Crippen LogP contribution in [0, 0.1) is 6.92 Å². The highest BCUT2D eigenvalue weighted by atomic mass is 79.9. The van der Waals surface area contributed by atoms with Crippen molar-refractivity contribution in [2.75, 3.05) is 18.0 Å². The average molecular weight is 256 g/mol. The topological polar surface area (TPSA) is 29.0 Å². The average Bonchev–Trinajstić information content (AvgIpc) is 2.21. The number of rotatable bonds is 1. The lowest BCUT2D eigenvalue weighted by Crippen LogP contribution is -2.34. The van der Waals surface area contributed by atoms with Gasteiger partial charge in [0.1, 0.15) is 0 Å². The molecule has 0 bridgehead atoms. The first-order chi connectivity index (χ1) is 6.75. The molecule has 0 saturated carbocycles. The SMILES string of the molecule is Cc1ccc(N2CCC(Br)CC2)nn1. The van der Waals surface area contributed by atoms with Crippen LogP contribution in [0.2, 0.25) is 0 Å². The van der Waals surface area contributed by atoms with Gasteiger partial charge in [-0.1, -0.05) is 15.9 Å². The van der Waals surface area contributed by atoms with Gasteiger partial charge in [0.2, 0.25) is 0 Å². The van der Waals surface area contributed by atoms with Crippen molar-refractivity contribution >= 4 is 21.7 Å². The minimum Gasteiger partial charge on any atom is -0.355 e. The highest BCUT2D eigenvalue weighted by Crippen LogP contribution is 2.21. The number of hydrogen-bond donors (Lipinski definition) is 0. The van der Waals surface area contributed by atoms with Crippen LogP contribution in [0.1, 0.15) is 18.5 Å². The van der Waals surface area contributed by atoms with Gasteiger partial charge >= 0.3 is 0 Å². The third-order valence-corrected chi connectivity index (χ3v) is 3.45. The molecular formula is C10H14BrN3. The minimum atomic E-state index is 0.678. The van der Waals surface area contributed by atoms with Gasteiger partial charge in [-0.2, -0.15) is 5.10 Å². The largest absolute Gasteiger partial charge is 0.355 e. The Morgan fingerprint density at radius 1 is 1.29 bits per heavy atom. The summed E-state index contributed by atoms with van der Waals surface area (Å²) in [6.07, 6.45) is 2.38. The highest BCUT2D eigenvalue weighted by Gasteiger charge is 2.17. The van der Waals surface area contributed by atoms with E-state index >= 15 is 0 Å². The highest BCUT2D eigenvalue weighted by molar-refractivity contribution is 9.09.